The van der Waals surface area contributed by atoms with Crippen LogP contribution in [0.1, 0.15) is 59.8 Å². The number of nitrogens with zero attached hydrogens (tertiary/aromatic N) is 1. The molecule has 1 N–H and O–H groups in total. The Kier molecular flexibility index (Phi) is 6.37. The third kappa shape index (κ3) is 4.42. The van der Waals surface area contributed by atoms with E-state index in [1.165, 1.54) is 38.6 Å². The first-order valence-electron chi connectivity index (χ1n) is 7.14. The van der Waals surface area contributed by atoms with Crippen LogP contribution < -0.4 is 5.32 Å². The van der Waals surface area contributed by atoms with E-state index >= 15 is 0 Å². The van der Waals surface area contributed by atoms with Gasteiger partial charge in [0.15, 0.2) is 0 Å². The van der Waals surface area contributed by atoms with Gasteiger partial charge in [-0.3, -0.25) is 4.90 Å². The smallest absolute Gasteiger partial charge is 0.0220 e. The molecule has 2 atom stereocenters. The summed E-state index contributed by atoms with van der Waals surface area (Å²) in [7, 11) is 0. The Morgan fingerprint density at radius 2 is 2.00 bits per heavy atom. The molecular weight excluding hydrogens is 196 g/mol. The summed E-state index contributed by atoms with van der Waals surface area (Å²) >= 11 is 0. The first-order chi connectivity index (χ1) is 7.65. The van der Waals surface area contributed by atoms with Crippen LogP contribution in [0.4, 0.5) is 0 Å². The van der Waals surface area contributed by atoms with Crippen molar-refractivity contribution in [2.24, 2.45) is 0 Å². The van der Waals surface area contributed by atoms with Gasteiger partial charge in [0.2, 0.25) is 0 Å². The van der Waals surface area contributed by atoms with Crippen LogP contribution in [0.15, 0.2) is 0 Å². The van der Waals surface area contributed by atoms with Crippen molar-refractivity contribution in [3.63, 3.8) is 0 Å². The topological polar surface area (TPSA) is 15.3 Å². The second kappa shape index (κ2) is 7.29. The lowest BCUT2D eigenvalue weighted by atomic mass is 10.1. The fraction of sp³-hybridized carbons (Fsp3) is 1.00. The molecule has 1 fully saturated rings. The third-order valence-electron chi connectivity index (χ3n) is 3.81. The SMILES string of the molecule is CCC(CNC(C)C)N1CCCCCC1C. The minimum atomic E-state index is 0.608. The maximum Gasteiger partial charge on any atom is 0.0220 e. The molecule has 1 saturated heterocycles. The van der Waals surface area contributed by atoms with Crippen molar-refractivity contribution in [3.05, 3.63) is 0 Å². The Hall–Kier alpha value is -0.0800. The summed E-state index contributed by atoms with van der Waals surface area (Å²) in [6.07, 6.45) is 6.89. The minimum Gasteiger partial charge on any atom is -0.313 e. The Morgan fingerprint density at radius 3 is 2.62 bits per heavy atom. The normalized spacial score (nSPS) is 25.7. The number of rotatable bonds is 5. The van der Waals surface area contributed by atoms with Crippen molar-refractivity contribution in [1.82, 2.24) is 10.2 Å². The standard InChI is InChI=1S/C14H30N2/c1-5-14(11-15-12(2)3)16-10-8-6-7-9-13(16)4/h12-15H,5-11H2,1-4H3. The van der Waals surface area contributed by atoms with Crippen molar-refractivity contribution >= 4 is 0 Å². The Balaban J connectivity index is 2.47. The summed E-state index contributed by atoms with van der Waals surface area (Å²) in [5, 5.41) is 3.59. The maximum absolute atomic E-state index is 3.59. The second-order valence-electron chi connectivity index (χ2n) is 5.56. The molecule has 1 rings (SSSR count). The molecule has 0 aromatic carbocycles. The molecule has 0 spiro atoms. The highest BCUT2D eigenvalue weighted by Crippen LogP contribution is 2.19. The predicted molar refractivity (Wildman–Crippen MR) is 71.9 cm³/mol. The van der Waals surface area contributed by atoms with Crippen LogP contribution in [-0.4, -0.2) is 36.1 Å². The molecule has 1 aliphatic heterocycles. The summed E-state index contributed by atoms with van der Waals surface area (Å²) in [6.45, 7) is 11.7. The summed E-state index contributed by atoms with van der Waals surface area (Å²) in [5.74, 6) is 0. The van der Waals surface area contributed by atoms with Gasteiger partial charge in [-0.1, -0.05) is 33.6 Å². The number of likely N-dealkylation sites (tertiary alicyclic amines) is 1. The first kappa shape index (κ1) is 14.0. The fourth-order valence-corrected chi connectivity index (χ4v) is 2.71. The van der Waals surface area contributed by atoms with E-state index in [4.69, 9.17) is 0 Å². The van der Waals surface area contributed by atoms with E-state index in [1.54, 1.807) is 0 Å². The van der Waals surface area contributed by atoms with Gasteiger partial charge >= 0.3 is 0 Å². The molecule has 0 radical (unpaired) electrons. The molecule has 2 nitrogen and oxygen atoms in total. The highest BCUT2D eigenvalue weighted by atomic mass is 15.2. The number of nitrogens with one attached hydrogen (secondary N) is 1. The second-order valence-corrected chi connectivity index (χ2v) is 5.56. The zero-order chi connectivity index (χ0) is 12.0. The Bertz CT molecular complexity index is 180. The number of hydrogen-bond donors (Lipinski definition) is 1. The van der Waals surface area contributed by atoms with Crippen LogP contribution in [-0.2, 0) is 0 Å². The zero-order valence-corrected chi connectivity index (χ0v) is 11.6. The van der Waals surface area contributed by atoms with Crippen LogP contribution in [0.25, 0.3) is 0 Å². The summed E-state index contributed by atoms with van der Waals surface area (Å²) in [4.78, 5) is 2.74. The van der Waals surface area contributed by atoms with Gasteiger partial charge in [-0.05, 0) is 32.7 Å². The molecule has 2 unspecified atom stereocenters. The van der Waals surface area contributed by atoms with E-state index in [9.17, 15) is 0 Å². The number of hydrogen-bond acceptors (Lipinski definition) is 2. The molecular formula is C14H30N2. The Morgan fingerprint density at radius 1 is 1.25 bits per heavy atom. The van der Waals surface area contributed by atoms with Gasteiger partial charge in [-0.25, -0.2) is 0 Å². The summed E-state index contributed by atoms with van der Waals surface area (Å²) < 4.78 is 0. The van der Waals surface area contributed by atoms with Crippen molar-refractivity contribution in [2.75, 3.05) is 13.1 Å². The average Bonchev–Trinajstić information content (AvgIpc) is 2.45. The van der Waals surface area contributed by atoms with Gasteiger partial charge in [-0.2, -0.15) is 0 Å². The minimum absolute atomic E-state index is 0.608. The van der Waals surface area contributed by atoms with Crippen molar-refractivity contribution in [1.29, 1.82) is 0 Å². The molecule has 0 bridgehead atoms. The van der Waals surface area contributed by atoms with Gasteiger partial charge < -0.3 is 5.32 Å². The first-order valence-corrected chi connectivity index (χ1v) is 7.14. The predicted octanol–water partition coefficient (Wildman–Crippen LogP) is 3.03. The van der Waals surface area contributed by atoms with E-state index in [1.807, 2.05) is 0 Å². The fourth-order valence-electron chi connectivity index (χ4n) is 2.71. The van der Waals surface area contributed by atoms with Crippen LogP contribution in [0.2, 0.25) is 0 Å². The molecule has 96 valence electrons. The molecule has 0 saturated carbocycles. The average molecular weight is 226 g/mol. The molecule has 0 aromatic rings. The van der Waals surface area contributed by atoms with Gasteiger partial charge in [0.05, 0.1) is 0 Å². The summed E-state index contributed by atoms with van der Waals surface area (Å²) in [5.41, 5.74) is 0. The summed E-state index contributed by atoms with van der Waals surface area (Å²) in [6, 6.07) is 2.12. The highest BCUT2D eigenvalue weighted by molar-refractivity contribution is 4.80. The third-order valence-corrected chi connectivity index (χ3v) is 3.81. The lowest BCUT2D eigenvalue weighted by Crippen LogP contribution is -2.47. The van der Waals surface area contributed by atoms with E-state index in [-0.39, 0.29) is 0 Å². The van der Waals surface area contributed by atoms with Gasteiger partial charge in [0.1, 0.15) is 0 Å². The molecule has 1 aliphatic rings. The van der Waals surface area contributed by atoms with Crippen LogP contribution in [0.3, 0.4) is 0 Å². The molecule has 0 amide bonds. The van der Waals surface area contributed by atoms with Crippen molar-refractivity contribution in [3.8, 4) is 0 Å². The van der Waals surface area contributed by atoms with Crippen molar-refractivity contribution in [2.45, 2.75) is 77.9 Å². The van der Waals surface area contributed by atoms with Crippen LogP contribution in [0, 0.1) is 0 Å². The molecule has 1 heterocycles. The Labute approximate surface area is 102 Å². The highest BCUT2D eigenvalue weighted by Gasteiger charge is 2.23. The van der Waals surface area contributed by atoms with E-state index in [0.717, 1.165) is 18.6 Å². The van der Waals surface area contributed by atoms with Crippen LogP contribution in [0.5, 0.6) is 0 Å². The zero-order valence-electron chi connectivity index (χ0n) is 11.6. The van der Waals surface area contributed by atoms with Crippen molar-refractivity contribution < 1.29 is 0 Å². The van der Waals surface area contributed by atoms with E-state index < -0.39 is 0 Å². The molecule has 2 heteroatoms. The van der Waals surface area contributed by atoms with E-state index in [2.05, 4.69) is 37.9 Å². The molecule has 16 heavy (non-hydrogen) atoms. The molecule has 0 aromatic heterocycles. The molecule has 0 aliphatic carbocycles. The maximum atomic E-state index is 3.59. The van der Waals surface area contributed by atoms with Gasteiger partial charge in [0, 0.05) is 24.7 Å². The van der Waals surface area contributed by atoms with Crippen LogP contribution >= 0.6 is 0 Å². The lowest BCUT2D eigenvalue weighted by molar-refractivity contribution is 0.138. The van der Waals surface area contributed by atoms with Gasteiger partial charge in [-0.15, -0.1) is 0 Å². The van der Waals surface area contributed by atoms with Gasteiger partial charge in [0.25, 0.3) is 0 Å². The lowest BCUT2D eigenvalue weighted by Gasteiger charge is -2.35. The van der Waals surface area contributed by atoms with E-state index in [0.29, 0.717) is 6.04 Å². The monoisotopic (exact) mass is 226 g/mol. The largest absolute Gasteiger partial charge is 0.313 e. The quantitative estimate of drug-likeness (QED) is 0.775.